The highest BCUT2D eigenvalue weighted by atomic mass is 15.2. The van der Waals surface area contributed by atoms with Gasteiger partial charge in [0.05, 0.1) is 5.69 Å². The minimum Gasteiger partial charge on any atom is -0.382 e. The molecule has 4 rings (SSSR count). The van der Waals surface area contributed by atoms with Crippen LogP contribution in [0, 0.1) is 0 Å². The molecule has 3 aromatic rings. The summed E-state index contributed by atoms with van der Waals surface area (Å²) in [5, 5.41) is 6.99. The van der Waals surface area contributed by atoms with Crippen LogP contribution < -0.4 is 21.3 Å². The lowest BCUT2D eigenvalue weighted by molar-refractivity contribution is 0.209. The normalized spacial score (nSPS) is 15.1. The fraction of sp³-hybridized carbons (Fsp3) is 0.606. The zero-order valence-electron chi connectivity index (χ0n) is 26.3. The molecule has 1 aliphatic rings. The Kier molecular flexibility index (Phi) is 11.2. The second-order valence-electron chi connectivity index (χ2n) is 11.5. The quantitative estimate of drug-likeness (QED) is 0.224. The predicted molar refractivity (Wildman–Crippen MR) is 175 cm³/mol. The van der Waals surface area contributed by atoms with Crippen LogP contribution in [0.5, 0.6) is 0 Å². The summed E-state index contributed by atoms with van der Waals surface area (Å²) in [6, 6.07) is 7.88. The highest BCUT2D eigenvalue weighted by Gasteiger charge is 2.24. The summed E-state index contributed by atoms with van der Waals surface area (Å²) < 4.78 is 0. The highest BCUT2D eigenvalue weighted by molar-refractivity contribution is 5.97. The first-order chi connectivity index (χ1) is 19.9. The van der Waals surface area contributed by atoms with Crippen molar-refractivity contribution in [3.63, 3.8) is 0 Å². The Labute approximate surface area is 247 Å². The van der Waals surface area contributed by atoms with Crippen LogP contribution in [0.4, 0.5) is 17.3 Å². The van der Waals surface area contributed by atoms with Gasteiger partial charge in [-0.25, -0.2) is 15.0 Å². The average molecular weight is 561 g/mol. The van der Waals surface area contributed by atoms with Gasteiger partial charge >= 0.3 is 0 Å². The molecular weight excluding hydrogens is 508 g/mol. The molecule has 1 aromatic carbocycles. The number of nitrogens with zero attached hydrogens (tertiary/aromatic N) is 5. The molecule has 0 spiro atoms. The van der Waals surface area contributed by atoms with Crippen LogP contribution >= 0.6 is 0 Å². The Morgan fingerprint density at radius 2 is 1.85 bits per heavy atom. The number of nitrogens with one attached hydrogen (secondary N) is 2. The summed E-state index contributed by atoms with van der Waals surface area (Å²) in [4.78, 5) is 19.8. The number of unbranched alkanes of at least 4 members (excludes halogenated alkanes) is 1. The smallest absolute Gasteiger partial charge is 0.151 e. The number of benzene rings is 1. The Hall–Kier alpha value is -2.97. The maximum atomic E-state index is 6.36. The molecule has 224 valence electrons. The van der Waals surface area contributed by atoms with Crippen molar-refractivity contribution in [3.8, 4) is 11.1 Å². The minimum atomic E-state index is 0.382. The second-order valence-corrected chi connectivity index (χ2v) is 11.5. The van der Waals surface area contributed by atoms with E-state index in [1.165, 1.54) is 36.9 Å². The topological polar surface area (TPSA) is 95.2 Å². The van der Waals surface area contributed by atoms with Crippen LogP contribution in [0.15, 0.2) is 24.4 Å². The Balaban J connectivity index is 1.64. The number of rotatable bonds is 14. The van der Waals surface area contributed by atoms with E-state index in [1.807, 2.05) is 13.2 Å². The van der Waals surface area contributed by atoms with Crippen molar-refractivity contribution in [3.05, 3.63) is 35.7 Å². The van der Waals surface area contributed by atoms with Crippen LogP contribution in [-0.4, -0.2) is 72.2 Å². The summed E-state index contributed by atoms with van der Waals surface area (Å²) >= 11 is 0. The number of fused-ring (bicyclic) bond motifs is 1. The zero-order valence-corrected chi connectivity index (χ0v) is 26.3. The number of hydrogen-bond donors (Lipinski definition) is 3. The van der Waals surface area contributed by atoms with Gasteiger partial charge in [0.2, 0.25) is 0 Å². The number of hydrogen-bond acceptors (Lipinski definition) is 8. The molecule has 0 amide bonds. The van der Waals surface area contributed by atoms with E-state index in [9.17, 15) is 0 Å². The second kappa shape index (κ2) is 14.8. The largest absolute Gasteiger partial charge is 0.382 e. The van der Waals surface area contributed by atoms with E-state index in [1.54, 1.807) is 0 Å². The van der Waals surface area contributed by atoms with E-state index >= 15 is 0 Å². The van der Waals surface area contributed by atoms with Crippen molar-refractivity contribution in [2.24, 2.45) is 0 Å². The number of piperidine rings is 1. The molecule has 8 heteroatoms. The molecule has 4 N–H and O–H groups in total. The number of nitrogens with two attached hydrogens (primary N) is 1. The van der Waals surface area contributed by atoms with E-state index in [-0.39, 0.29) is 0 Å². The van der Waals surface area contributed by atoms with Crippen molar-refractivity contribution >= 4 is 28.4 Å². The number of aryl methyl sites for hydroxylation is 2. The standard InChI is InChI=1S/C33H52N8/c1-7-11-12-25(9-3)37-33-28(10-4)38-31-30(39-33)27(22-36-32(31)34)24-13-14-29(23(8-2)21-24)41-18-15-26(16-19-41)40(6)20-17-35-5/h13-14,21-22,25-26,35H,7-12,15-20H2,1-6H3,(H2,34,36)(H,37,39). The van der Waals surface area contributed by atoms with Gasteiger partial charge in [0, 0.05) is 55.7 Å². The molecule has 1 fully saturated rings. The molecule has 1 atom stereocenters. The Morgan fingerprint density at radius 1 is 1.07 bits per heavy atom. The van der Waals surface area contributed by atoms with Crippen molar-refractivity contribution < 1.29 is 0 Å². The van der Waals surface area contributed by atoms with Gasteiger partial charge in [-0.3, -0.25) is 0 Å². The maximum Gasteiger partial charge on any atom is 0.151 e. The summed E-state index contributed by atoms with van der Waals surface area (Å²) in [6.45, 7) is 13.1. The van der Waals surface area contributed by atoms with E-state index in [2.05, 4.69) is 78.4 Å². The summed E-state index contributed by atoms with van der Waals surface area (Å²) in [5.41, 5.74) is 13.6. The fourth-order valence-corrected chi connectivity index (χ4v) is 6.05. The summed E-state index contributed by atoms with van der Waals surface area (Å²) in [6.07, 6.45) is 10.6. The van der Waals surface area contributed by atoms with E-state index in [4.69, 9.17) is 15.7 Å². The van der Waals surface area contributed by atoms with E-state index in [0.717, 1.165) is 80.0 Å². The van der Waals surface area contributed by atoms with E-state index < -0.39 is 0 Å². The number of anilines is 3. The number of likely N-dealkylation sites (N-methyl/N-ethyl adjacent to an activating group) is 2. The van der Waals surface area contributed by atoms with Crippen LogP contribution in [-0.2, 0) is 12.8 Å². The van der Waals surface area contributed by atoms with Gasteiger partial charge in [0.1, 0.15) is 16.9 Å². The van der Waals surface area contributed by atoms with Gasteiger partial charge in [-0.15, -0.1) is 0 Å². The molecule has 41 heavy (non-hydrogen) atoms. The van der Waals surface area contributed by atoms with Gasteiger partial charge < -0.3 is 26.2 Å². The molecule has 0 radical (unpaired) electrons. The van der Waals surface area contributed by atoms with Crippen molar-refractivity contribution in [1.29, 1.82) is 0 Å². The lowest BCUT2D eigenvalue weighted by Gasteiger charge is -2.38. The average Bonchev–Trinajstić information content (AvgIpc) is 3.01. The molecule has 1 aliphatic heterocycles. The predicted octanol–water partition coefficient (Wildman–Crippen LogP) is 5.90. The molecule has 1 saturated heterocycles. The minimum absolute atomic E-state index is 0.382. The van der Waals surface area contributed by atoms with Crippen molar-refractivity contribution in [2.45, 2.75) is 91.1 Å². The molecule has 0 saturated carbocycles. The van der Waals surface area contributed by atoms with Crippen LogP contribution in [0.2, 0.25) is 0 Å². The van der Waals surface area contributed by atoms with Gasteiger partial charge in [0.25, 0.3) is 0 Å². The van der Waals surface area contributed by atoms with Gasteiger partial charge in [-0.1, -0.05) is 46.6 Å². The first kappa shape index (κ1) is 31.0. The first-order valence-electron chi connectivity index (χ1n) is 15.9. The number of nitrogen functional groups attached to an aromatic ring is 1. The molecule has 0 bridgehead atoms. The third-order valence-electron chi connectivity index (χ3n) is 8.79. The third kappa shape index (κ3) is 7.28. The van der Waals surface area contributed by atoms with Gasteiger partial charge in [-0.2, -0.15) is 0 Å². The maximum absolute atomic E-state index is 6.36. The van der Waals surface area contributed by atoms with Crippen molar-refractivity contribution in [2.75, 3.05) is 56.2 Å². The van der Waals surface area contributed by atoms with Gasteiger partial charge in [-0.05, 0) is 75.9 Å². The molecule has 1 unspecified atom stereocenters. The van der Waals surface area contributed by atoms with Crippen LogP contribution in [0.25, 0.3) is 22.2 Å². The monoisotopic (exact) mass is 560 g/mol. The number of aromatic nitrogens is 3. The van der Waals surface area contributed by atoms with Gasteiger partial charge in [0.15, 0.2) is 5.82 Å². The summed E-state index contributed by atoms with van der Waals surface area (Å²) in [5.74, 6) is 1.31. The number of pyridine rings is 1. The Bertz CT molecular complexity index is 1270. The molecular formula is C33H52N8. The van der Waals surface area contributed by atoms with Crippen LogP contribution in [0.3, 0.4) is 0 Å². The lowest BCUT2D eigenvalue weighted by atomic mass is 9.97. The first-order valence-corrected chi connectivity index (χ1v) is 15.9. The SMILES string of the molecule is CCCCC(CC)Nc1nc2c(-c3ccc(N4CCC(N(C)CCNC)CC4)c(CC)c3)cnc(N)c2nc1CC. The summed E-state index contributed by atoms with van der Waals surface area (Å²) in [7, 11) is 4.28. The fourth-order valence-electron chi connectivity index (χ4n) is 6.05. The van der Waals surface area contributed by atoms with Crippen LogP contribution in [0.1, 0.15) is 77.5 Å². The Morgan fingerprint density at radius 3 is 2.51 bits per heavy atom. The van der Waals surface area contributed by atoms with E-state index in [0.29, 0.717) is 23.4 Å². The molecule has 0 aliphatic carbocycles. The van der Waals surface area contributed by atoms with Crippen molar-refractivity contribution in [1.82, 2.24) is 25.2 Å². The molecule has 2 aromatic heterocycles. The molecule has 3 heterocycles. The third-order valence-corrected chi connectivity index (χ3v) is 8.79. The highest BCUT2D eigenvalue weighted by Crippen LogP contribution is 2.35. The zero-order chi connectivity index (χ0) is 29.4. The lowest BCUT2D eigenvalue weighted by Crippen LogP contribution is -2.45. The molecule has 8 nitrogen and oxygen atoms in total.